The summed E-state index contributed by atoms with van der Waals surface area (Å²) in [4.78, 5) is 10.8. The van der Waals surface area contributed by atoms with E-state index in [1.54, 1.807) is 13.1 Å². The van der Waals surface area contributed by atoms with Crippen LogP contribution in [0.15, 0.2) is 10.7 Å². The van der Waals surface area contributed by atoms with Crippen LogP contribution in [0.1, 0.15) is 30.6 Å². The third-order valence-corrected chi connectivity index (χ3v) is 2.75. The third kappa shape index (κ3) is 1.22. The van der Waals surface area contributed by atoms with Crippen LogP contribution >= 0.6 is 0 Å². The van der Waals surface area contributed by atoms with E-state index in [1.165, 1.54) is 0 Å². The van der Waals surface area contributed by atoms with Crippen molar-refractivity contribution >= 4 is 5.97 Å². The van der Waals surface area contributed by atoms with Gasteiger partial charge in [0.25, 0.3) is 0 Å². The minimum absolute atomic E-state index is 0.0822. The van der Waals surface area contributed by atoms with Crippen molar-refractivity contribution in [3.63, 3.8) is 0 Å². The van der Waals surface area contributed by atoms with Gasteiger partial charge in [0.15, 0.2) is 0 Å². The molecule has 0 bridgehead atoms. The maximum atomic E-state index is 10.8. The lowest BCUT2D eigenvalue weighted by atomic mass is 9.90. The molecule has 1 aliphatic rings. The fourth-order valence-electron chi connectivity index (χ4n) is 1.90. The van der Waals surface area contributed by atoms with Crippen molar-refractivity contribution < 1.29 is 14.4 Å². The van der Waals surface area contributed by atoms with E-state index < -0.39 is 5.97 Å². The molecule has 2 atom stereocenters. The Labute approximate surface area is 75.5 Å². The van der Waals surface area contributed by atoms with Crippen LogP contribution in [0.3, 0.4) is 0 Å². The number of rotatable bonds is 2. The van der Waals surface area contributed by atoms with E-state index in [-0.39, 0.29) is 11.8 Å². The Bertz CT molecular complexity index is 331. The lowest BCUT2D eigenvalue weighted by Gasteiger charge is -2.13. The molecule has 2 rings (SSSR count). The normalized spacial score (nSPS) is 22.7. The zero-order chi connectivity index (χ0) is 9.42. The summed E-state index contributed by atoms with van der Waals surface area (Å²) in [6.07, 6.45) is 3.33. The average molecular weight is 181 g/mol. The number of nitrogens with zero attached hydrogens (tertiary/aromatic N) is 1. The monoisotopic (exact) mass is 181 g/mol. The second kappa shape index (κ2) is 2.87. The van der Waals surface area contributed by atoms with Gasteiger partial charge in [0.2, 0.25) is 0 Å². The Kier molecular flexibility index (Phi) is 1.83. The number of hydrogen-bond acceptors (Lipinski definition) is 3. The first-order chi connectivity index (χ1) is 6.20. The van der Waals surface area contributed by atoms with Crippen molar-refractivity contribution in [2.24, 2.45) is 5.92 Å². The number of aromatic nitrogens is 1. The standard InChI is InChI=1S/C9H11NO3/c1-5(9(11)12)6-2-3-8-7(6)4-10-13-8/h4-6H,2-3H2,1H3,(H,11,12). The van der Waals surface area contributed by atoms with Gasteiger partial charge in [0.05, 0.1) is 12.1 Å². The van der Waals surface area contributed by atoms with E-state index in [1.807, 2.05) is 0 Å². The Morgan fingerprint density at radius 1 is 1.85 bits per heavy atom. The van der Waals surface area contributed by atoms with E-state index in [0.29, 0.717) is 0 Å². The van der Waals surface area contributed by atoms with Gasteiger partial charge in [-0.2, -0.15) is 0 Å². The molecule has 2 unspecified atom stereocenters. The fourth-order valence-corrected chi connectivity index (χ4v) is 1.90. The zero-order valence-electron chi connectivity index (χ0n) is 7.36. The van der Waals surface area contributed by atoms with E-state index in [4.69, 9.17) is 9.63 Å². The van der Waals surface area contributed by atoms with Crippen LogP contribution in [-0.4, -0.2) is 16.2 Å². The molecule has 4 nitrogen and oxygen atoms in total. The second-order valence-corrected chi connectivity index (χ2v) is 3.48. The molecule has 70 valence electrons. The lowest BCUT2D eigenvalue weighted by Crippen LogP contribution is -2.16. The molecule has 0 radical (unpaired) electrons. The summed E-state index contributed by atoms with van der Waals surface area (Å²) in [5.41, 5.74) is 0.981. The predicted octanol–water partition coefficient (Wildman–Crippen LogP) is 1.43. The van der Waals surface area contributed by atoms with Gasteiger partial charge < -0.3 is 9.63 Å². The summed E-state index contributed by atoms with van der Waals surface area (Å²) >= 11 is 0. The van der Waals surface area contributed by atoms with Crippen LogP contribution in [0.2, 0.25) is 0 Å². The quantitative estimate of drug-likeness (QED) is 0.749. The molecule has 0 aliphatic heterocycles. The molecule has 1 aromatic heterocycles. The topological polar surface area (TPSA) is 63.3 Å². The van der Waals surface area contributed by atoms with Crippen molar-refractivity contribution in [2.45, 2.75) is 25.7 Å². The molecule has 0 spiro atoms. The van der Waals surface area contributed by atoms with Gasteiger partial charge in [-0.1, -0.05) is 12.1 Å². The molecule has 1 heterocycles. The van der Waals surface area contributed by atoms with Crippen LogP contribution in [0.4, 0.5) is 0 Å². The van der Waals surface area contributed by atoms with Gasteiger partial charge >= 0.3 is 5.97 Å². The minimum atomic E-state index is -0.751. The predicted molar refractivity (Wildman–Crippen MR) is 44.4 cm³/mol. The molecule has 1 aliphatic carbocycles. The number of aliphatic carboxylic acids is 1. The number of hydrogen-bond donors (Lipinski definition) is 1. The molecule has 0 saturated heterocycles. The Morgan fingerprint density at radius 3 is 3.31 bits per heavy atom. The molecule has 0 amide bonds. The first-order valence-corrected chi connectivity index (χ1v) is 4.36. The first kappa shape index (κ1) is 8.29. The van der Waals surface area contributed by atoms with Crippen molar-refractivity contribution in [2.75, 3.05) is 0 Å². The highest BCUT2D eigenvalue weighted by molar-refractivity contribution is 5.71. The summed E-state index contributed by atoms with van der Waals surface area (Å²) in [6, 6.07) is 0. The highest BCUT2D eigenvalue weighted by atomic mass is 16.5. The number of carboxylic acid groups (broad SMARTS) is 1. The van der Waals surface area contributed by atoms with Crippen LogP contribution in [0.25, 0.3) is 0 Å². The SMILES string of the molecule is CC(C(=O)O)C1CCc2oncc21. The molecule has 0 aromatic carbocycles. The van der Waals surface area contributed by atoms with E-state index in [0.717, 1.165) is 24.2 Å². The summed E-state index contributed by atoms with van der Waals surface area (Å²) in [5.74, 6) is -0.156. The first-order valence-electron chi connectivity index (χ1n) is 4.36. The van der Waals surface area contributed by atoms with E-state index in [9.17, 15) is 4.79 Å². The van der Waals surface area contributed by atoms with Gasteiger partial charge in [0, 0.05) is 17.9 Å². The van der Waals surface area contributed by atoms with Crippen LogP contribution in [0, 0.1) is 5.92 Å². The largest absolute Gasteiger partial charge is 0.481 e. The van der Waals surface area contributed by atoms with Gasteiger partial charge in [-0.15, -0.1) is 0 Å². The van der Waals surface area contributed by atoms with Crippen molar-refractivity contribution in [1.82, 2.24) is 5.16 Å². The van der Waals surface area contributed by atoms with Gasteiger partial charge in [0.1, 0.15) is 5.76 Å². The van der Waals surface area contributed by atoms with Crippen LogP contribution < -0.4 is 0 Å². The summed E-state index contributed by atoms with van der Waals surface area (Å²) in [6.45, 7) is 1.73. The molecule has 0 saturated carbocycles. The lowest BCUT2D eigenvalue weighted by molar-refractivity contribution is -0.141. The summed E-state index contributed by atoms with van der Waals surface area (Å²) in [5, 5.41) is 12.5. The highest BCUT2D eigenvalue weighted by Gasteiger charge is 2.33. The highest BCUT2D eigenvalue weighted by Crippen LogP contribution is 2.38. The number of aryl methyl sites for hydroxylation is 1. The minimum Gasteiger partial charge on any atom is -0.481 e. The van der Waals surface area contributed by atoms with Crippen molar-refractivity contribution in [3.8, 4) is 0 Å². The van der Waals surface area contributed by atoms with Crippen LogP contribution in [0.5, 0.6) is 0 Å². The molecule has 1 N–H and O–H groups in total. The Hall–Kier alpha value is -1.32. The smallest absolute Gasteiger partial charge is 0.306 e. The molecular formula is C9H11NO3. The third-order valence-electron chi connectivity index (χ3n) is 2.75. The van der Waals surface area contributed by atoms with Crippen LogP contribution in [-0.2, 0) is 11.2 Å². The number of carboxylic acids is 1. The Balaban J connectivity index is 2.25. The molecule has 4 heteroatoms. The molecule has 0 fully saturated rings. The maximum Gasteiger partial charge on any atom is 0.306 e. The molecule has 1 aromatic rings. The van der Waals surface area contributed by atoms with Crippen molar-refractivity contribution in [3.05, 3.63) is 17.5 Å². The second-order valence-electron chi connectivity index (χ2n) is 3.48. The zero-order valence-corrected chi connectivity index (χ0v) is 7.36. The molecular weight excluding hydrogens is 170 g/mol. The number of fused-ring (bicyclic) bond motifs is 1. The molecule has 13 heavy (non-hydrogen) atoms. The van der Waals surface area contributed by atoms with Crippen molar-refractivity contribution in [1.29, 1.82) is 0 Å². The summed E-state index contributed by atoms with van der Waals surface area (Å²) in [7, 11) is 0. The fraction of sp³-hybridized carbons (Fsp3) is 0.556. The average Bonchev–Trinajstić information content (AvgIpc) is 2.61. The van der Waals surface area contributed by atoms with Gasteiger partial charge in [-0.25, -0.2) is 0 Å². The van der Waals surface area contributed by atoms with Gasteiger partial charge in [-0.3, -0.25) is 4.79 Å². The van der Waals surface area contributed by atoms with Gasteiger partial charge in [-0.05, 0) is 6.42 Å². The number of carbonyl (C=O) groups is 1. The Morgan fingerprint density at radius 2 is 2.62 bits per heavy atom. The van der Waals surface area contributed by atoms with E-state index >= 15 is 0 Å². The van der Waals surface area contributed by atoms with E-state index in [2.05, 4.69) is 5.16 Å². The maximum absolute atomic E-state index is 10.8. The summed E-state index contributed by atoms with van der Waals surface area (Å²) < 4.78 is 4.99.